The van der Waals surface area contributed by atoms with Gasteiger partial charge in [-0.1, -0.05) is 19.1 Å². The van der Waals surface area contributed by atoms with E-state index in [-0.39, 0.29) is 11.8 Å². The zero-order chi connectivity index (χ0) is 19.2. The summed E-state index contributed by atoms with van der Waals surface area (Å²) in [7, 11) is 0. The van der Waals surface area contributed by atoms with Crippen molar-refractivity contribution in [3.05, 3.63) is 52.7 Å². The van der Waals surface area contributed by atoms with Crippen molar-refractivity contribution < 1.29 is 9.59 Å². The standard InChI is InChI=1S/C20H24N4O3/c1-14-6-9-24(10-7-14)18(25)5-8-21-19(26)16-4-2-3-15(11-16)17-12-22-20(27)23-13-17/h2-4,11-14H,5-10H2,1H3,(H,21,26)(H,22,23,27). The smallest absolute Gasteiger partial charge is 0.344 e. The SMILES string of the molecule is CC1CCN(C(=O)CCNC(=O)c2cccc(-c3cnc(=O)[nH]c3)c2)CC1. The van der Waals surface area contributed by atoms with Crippen molar-refractivity contribution in [2.45, 2.75) is 26.2 Å². The van der Waals surface area contributed by atoms with Gasteiger partial charge in [0.15, 0.2) is 0 Å². The molecule has 3 rings (SSSR count). The molecule has 0 radical (unpaired) electrons. The van der Waals surface area contributed by atoms with Crippen molar-refractivity contribution in [3.8, 4) is 11.1 Å². The Morgan fingerprint density at radius 3 is 2.74 bits per heavy atom. The van der Waals surface area contributed by atoms with Crippen LogP contribution in [0.1, 0.15) is 36.5 Å². The van der Waals surface area contributed by atoms with Gasteiger partial charge in [-0.15, -0.1) is 0 Å². The molecule has 1 aromatic heterocycles. The largest absolute Gasteiger partial charge is 0.352 e. The van der Waals surface area contributed by atoms with E-state index in [2.05, 4.69) is 22.2 Å². The van der Waals surface area contributed by atoms with Crippen molar-refractivity contribution in [2.24, 2.45) is 5.92 Å². The lowest BCUT2D eigenvalue weighted by molar-refractivity contribution is -0.132. The van der Waals surface area contributed by atoms with Crippen molar-refractivity contribution in [1.29, 1.82) is 0 Å². The highest BCUT2D eigenvalue weighted by molar-refractivity contribution is 5.95. The Bertz CT molecular complexity index is 849. The number of nitrogens with zero attached hydrogens (tertiary/aromatic N) is 2. The van der Waals surface area contributed by atoms with Crippen LogP contribution in [0.5, 0.6) is 0 Å². The van der Waals surface area contributed by atoms with Crippen LogP contribution in [0.2, 0.25) is 0 Å². The van der Waals surface area contributed by atoms with Gasteiger partial charge < -0.3 is 15.2 Å². The molecule has 27 heavy (non-hydrogen) atoms. The third-order valence-corrected chi connectivity index (χ3v) is 4.89. The second kappa shape index (κ2) is 8.62. The molecule has 0 unspecified atom stereocenters. The van der Waals surface area contributed by atoms with Crippen LogP contribution >= 0.6 is 0 Å². The zero-order valence-corrected chi connectivity index (χ0v) is 15.4. The van der Waals surface area contributed by atoms with Gasteiger partial charge in [0.1, 0.15) is 0 Å². The predicted octanol–water partition coefficient (Wildman–Crippen LogP) is 1.82. The number of hydrogen-bond acceptors (Lipinski definition) is 4. The van der Waals surface area contributed by atoms with Gasteiger partial charge in [0.05, 0.1) is 0 Å². The van der Waals surface area contributed by atoms with E-state index in [1.165, 1.54) is 6.20 Å². The summed E-state index contributed by atoms with van der Waals surface area (Å²) in [5.41, 5.74) is 1.59. The lowest BCUT2D eigenvalue weighted by Crippen LogP contribution is -2.39. The van der Waals surface area contributed by atoms with Gasteiger partial charge in [-0.25, -0.2) is 9.78 Å². The van der Waals surface area contributed by atoms with Gasteiger partial charge in [0.25, 0.3) is 5.91 Å². The maximum Gasteiger partial charge on any atom is 0.344 e. The van der Waals surface area contributed by atoms with E-state index in [0.29, 0.717) is 24.4 Å². The molecule has 2 N–H and O–H groups in total. The zero-order valence-electron chi connectivity index (χ0n) is 15.4. The first-order valence-electron chi connectivity index (χ1n) is 9.24. The number of aromatic amines is 1. The van der Waals surface area contributed by atoms with Crippen molar-refractivity contribution in [2.75, 3.05) is 19.6 Å². The molecule has 1 saturated heterocycles. The summed E-state index contributed by atoms with van der Waals surface area (Å²) < 4.78 is 0. The van der Waals surface area contributed by atoms with E-state index in [1.807, 2.05) is 11.0 Å². The van der Waals surface area contributed by atoms with Gasteiger partial charge in [-0.05, 0) is 36.5 Å². The Labute approximate surface area is 157 Å². The Hall–Kier alpha value is -2.96. The molecule has 2 amide bonds. The Morgan fingerprint density at radius 2 is 2.04 bits per heavy atom. The molecular weight excluding hydrogens is 344 g/mol. The average Bonchev–Trinajstić information content (AvgIpc) is 2.69. The summed E-state index contributed by atoms with van der Waals surface area (Å²) in [6, 6.07) is 7.06. The maximum absolute atomic E-state index is 12.4. The number of aromatic nitrogens is 2. The molecule has 1 aromatic carbocycles. The number of likely N-dealkylation sites (tertiary alicyclic amines) is 1. The molecule has 1 fully saturated rings. The molecular formula is C20H24N4O3. The number of nitrogens with one attached hydrogen (secondary N) is 2. The fraction of sp³-hybridized carbons (Fsp3) is 0.400. The first-order chi connectivity index (χ1) is 13.0. The first kappa shape index (κ1) is 18.8. The lowest BCUT2D eigenvalue weighted by atomic mass is 9.99. The Balaban J connectivity index is 1.54. The second-order valence-electron chi connectivity index (χ2n) is 6.96. The van der Waals surface area contributed by atoms with Crippen LogP contribution in [0.4, 0.5) is 0 Å². The molecule has 2 heterocycles. The number of carbonyl (C=O) groups excluding carboxylic acids is 2. The third kappa shape index (κ3) is 5.03. The van der Waals surface area contributed by atoms with Crippen LogP contribution in [-0.4, -0.2) is 46.3 Å². The highest BCUT2D eigenvalue weighted by atomic mass is 16.2. The lowest BCUT2D eigenvalue weighted by Gasteiger charge is -2.30. The summed E-state index contributed by atoms with van der Waals surface area (Å²) in [6.07, 6.45) is 5.43. The van der Waals surface area contributed by atoms with Crippen LogP contribution in [0.25, 0.3) is 11.1 Å². The van der Waals surface area contributed by atoms with Crippen LogP contribution in [0.3, 0.4) is 0 Å². The van der Waals surface area contributed by atoms with Gasteiger partial charge in [-0.3, -0.25) is 9.59 Å². The summed E-state index contributed by atoms with van der Waals surface area (Å²) in [5.74, 6) is 0.545. The van der Waals surface area contributed by atoms with Crippen molar-refractivity contribution in [3.63, 3.8) is 0 Å². The van der Waals surface area contributed by atoms with Gasteiger partial charge in [0, 0.05) is 49.6 Å². The highest BCUT2D eigenvalue weighted by Gasteiger charge is 2.20. The Morgan fingerprint density at radius 1 is 1.26 bits per heavy atom. The summed E-state index contributed by atoms with van der Waals surface area (Å²) in [6.45, 7) is 4.14. The predicted molar refractivity (Wildman–Crippen MR) is 102 cm³/mol. The van der Waals surface area contributed by atoms with Crippen molar-refractivity contribution >= 4 is 11.8 Å². The van der Waals surface area contributed by atoms with E-state index < -0.39 is 5.69 Å². The molecule has 1 aliphatic rings. The maximum atomic E-state index is 12.4. The van der Waals surface area contributed by atoms with E-state index in [1.54, 1.807) is 24.4 Å². The highest BCUT2D eigenvalue weighted by Crippen LogP contribution is 2.18. The summed E-state index contributed by atoms with van der Waals surface area (Å²) >= 11 is 0. The Kier molecular flexibility index (Phi) is 6.01. The van der Waals surface area contributed by atoms with Gasteiger partial charge in [-0.2, -0.15) is 0 Å². The second-order valence-corrected chi connectivity index (χ2v) is 6.96. The molecule has 0 atom stereocenters. The normalized spacial score (nSPS) is 14.8. The monoisotopic (exact) mass is 368 g/mol. The summed E-state index contributed by atoms with van der Waals surface area (Å²) in [4.78, 5) is 43.8. The van der Waals surface area contributed by atoms with Crippen LogP contribution < -0.4 is 11.0 Å². The molecule has 0 spiro atoms. The molecule has 1 aliphatic heterocycles. The number of hydrogen-bond donors (Lipinski definition) is 2. The number of benzene rings is 1. The molecule has 0 bridgehead atoms. The minimum atomic E-state index is -0.416. The molecule has 0 saturated carbocycles. The quantitative estimate of drug-likeness (QED) is 0.841. The topological polar surface area (TPSA) is 95.2 Å². The minimum Gasteiger partial charge on any atom is -0.352 e. The minimum absolute atomic E-state index is 0.0928. The average molecular weight is 368 g/mol. The molecule has 2 aromatic rings. The van der Waals surface area contributed by atoms with E-state index in [0.717, 1.165) is 37.1 Å². The van der Waals surface area contributed by atoms with Crippen LogP contribution in [-0.2, 0) is 4.79 Å². The van der Waals surface area contributed by atoms with Crippen LogP contribution in [0.15, 0.2) is 41.5 Å². The van der Waals surface area contributed by atoms with Gasteiger partial charge in [0.2, 0.25) is 5.91 Å². The first-order valence-corrected chi connectivity index (χ1v) is 9.24. The van der Waals surface area contributed by atoms with Crippen molar-refractivity contribution in [1.82, 2.24) is 20.2 Å². The van der Waals surface area contributed by atoms with E-state index in [9.17, 15) is 14.4 Å². The number of amides is 2. The number of rotatable bonds is 5. The van der Waals surface area contributed by atoms with E-state index >= 15 is 0 Å². The molecule has 142 valence electrons. The molecule has 7 nitrogen and oxygen atoms in total. The fourth-order valence-electron chi connectivity index (χ4n) is 3.14. The number of H-pyrrole nitrogens is 1. The molecule has 0 aliphatic carbocycles. The third-order valence-electron chi connectivity index (χ3n) is 4.89. The number of carbonyl (C=O) groups is 2. The van der Waals surface area contributed by atoms with Crippen LogP contribution in [0, 0.1) is 5.92 Å². The molecule has 7 heteroatoms. The fourth-order valence-corrected chi connectivity index (χ4v) is 3.14. The number of piperidine rings is 1. The van der Waals surface area contributed by atoms with Gasteiger partial charge >= 0.3 is 5.69 Å². The summed E-state index contributed by atoms with van der Waals surface area (Å²) in [5, 5.41) is 2.81. The van der Waals surface area contributed by atoms with E-state index in [4.69, 9.17) is 0 Å².